The molecule has 0 aliphatic carbocycles. The Kier molecular flexibility index (Phi) is 5.62. The summed E-state index contributed by atoms with van der Waals surface area (Å²) >= 11 is 0. The highest BCUT2D eigenvalue weighted by molar-refractivity contribution is 5.95. The van der Waals surface area contributed by atoms with Crippen LogP contribution in [0.4, 0.5) is 5.69 Å². The summed E-state index contributed by atoms with van der Waals surface area (Å²) in [4.78, 5) is 14.7. The van der Waals surface area contributed by atoms with Crippen LogP contribution in [0.3, 0.4) is 0 Å². The summed E-state index contributed by atoms with van der Waals surface area (Å²) in [7, 11) is 0. The van der Waals surface area contributed by atoms with Crippen LogP contribution in [-0.4, -0.2) is 41.7 Å². The van der Waals surface area contributed by atoms with Crippen LogP contribution in [0, 0.1) is 6.92 Å². The Hall–Kier alpha value is -1.55. The molecule has 1 aromatic rings. The minimum Gasteiger partial charge on any atom is -0.396 e. The number of likely N-dealkylation sites (tertiary alicyclic amines) is 1. The summed E-state index contributed by atoms with van der Waals surface area (Å²) in [5, 5.41) is 12.3. The molecule has 4 nitrogen and oxygen atoms in total. The fourth-order valence-corrected chi connectivity index (χ4v) is 3.08. The van der Waals surface area contributed by atoms with Gasteiger partial charge in [-0.2, -0.15) is 0 Å². The maximum atomic E-state index is 12.7. The van der Waals surface area contributed by atoms with Gasteiger partial charge in [0.15, 0.2) is 0 Å². The van der Waals surface area contributed by atoms with E-state index in [1.165, 1.54) is 0 Å². The van der Waals surface area contributed by atoms with Crippen molar-refractivity contribution in [2.24, 2.45) is 0 Å². The highest BCUT2D eigenvalue weighted by Gasteiger charge is 2.28. The first kappa shape index (κ1) is 15.8. The van der Waals surface area contributed by atoms with Gasteiger partial charge in [-0.1, -0.05) is 0 Å². The first-order valence-electron chi connectivity index (χ1n) is 7.93. The molecule has 1 amide bonds. The van der Waals surface area contributed by atoms with Gasteiger partial charge in [0, 0.05) is 37.0 Å². The lowest BCUT2D eigenvalue weighted by atomic mass is 10.1. The van der Waals surface area contributed by atoms with Crippen LogP contribution in [0.1, 0.15) is 48.5 Å². The number of rotatable bonds is 6. The van der Waals surface area contributed by atoms with E-state index < -0.39 is 0 Å². The molecule has 1 fully saturated rings. The van der Waals surface area contributed by atoms with Gasteiger partial charge < -0.3 is 15.3 Å². The van der Waals surface area contributed by atoms with Crippen molar-refractivity contribution in [3.05, 3.63) is 29.3 Å². The van der Waals surface area contributed by atoms with Crippen LogP contribution in [0.5, 0.6) is 0 Å². The van der Waals surface area contributed by atoms with E-state index in [0.717, 1.165) is 55.6 Å². The minimum atomic E-state index is 0.126. The second-order valence-electron chi connectivity index (χ2n) is 5.72. The van der Waals surface area contributed by atoms with Crippen molar-refractivity contribution < 1.29 is 9.90 Å². The zero-order valence-electron chi connectivity index (χ0n) is 13.1. The Morgan fingerprint density at radius 1 is 1.48 bits per heavy atom. The van der Waals surface area contributed by atoms with Crippen LogP contribution >= 0.6 is 0 Å². The predicted octanol–water partition coefficient (Wildman–Crippen LogP) is 2.80. The smallest absolute Gasteiger partial charge is 0.254 e. The Balaban J connectivity index is 2.10. The van der Waals surface area contributed by atoms with Crippen LogP contribution < -0.4 is 5.32 Å². The first-order valence-corrected chi connectivity index (χ1v) is 7.93. The number of nitrogens with one attached hydrogen (secondary N) is 1. The average Bonchev–Trinajstić information content (AvgIpc) is 2.95. The Morgan fingerprint density at radius 2 is 2.29 bits per heavy atom. The molecular formula is C17H26N2O2. The Labute approximate surface area is 127 Å². The van der Waals surface area contributed by atoms with Crippen molar-refractivity contribution in [3.8, 4) is 0 Å². The van der Waals surface area contributed by atoms with Crippen molar-refractivity contribution in [2.75, 3.05) is 25.0 Å². The predicted molar refractivity (Wildman–Crippen MR) is 85.7 cm³/mol. The van der Waals surface area contributed by atoms with Crippen LogP contribution in [0.25, 0.3) is 0 Å². The molecule has 1 unspecified atom stereocenters. The lowest BCUT2D eigenvalue weighted by molar-refractivity contribution is 0.0724. The van der Waals surface area contributed by atoms with Crippen LogP contribution in [0.15, 0.2) is 18.2 Å². The molecule has 1 saturated heterocycles. The number of carbonyl (C=O) groups excluding carboxylic acids is 1. The second kappa shape index (κ2) is 7.46. The summed E-state index contributed by atoms with van der Waals surface area (Å²) in [6, 6.07) is 6.17. The molecule has 21 heavy (non-hydrogen) atoms. The lowest BCUT2D eigenvalue weighted by Crippen LogP contribution is -2.35. The van der Waals surface area contributed by atoms with Crippen LogP contribution in [-0.2, 0) is 0 Å². The normalized spacial score (nSPS) is 18.0. The van der Waals surface area contributed by atoms with Crippen molar-refractivity contribution >= 4 is 11.6 Å². The molecule has 1 heterocycles. The number of anilines is 1. The van der Waals surface area contributed by atoms with E-state index in [9.17, 15) is 4.79 Å². The van der Waals surface area contributed by atoms with Crippen molar-refractivity contribution in [2.45, 2.75) is 45.6 Å². The van der Waals surface area contributed by atoms with Crippen molar-refractivity contribution in [1.29, 1.82) is 0 Å². The van der Waals surface area contributed by atoms with Gasteiger partial charge in [-0.05, 0) is 63.3 Å². The molecule has 1 aliphatic rings. The molecule has 0 radical (unpaired) electrons. The topological polar surface area (TPSA) is 52.6 Å². The minimum absolute atomic E-state index is 0.126. The van der Waals surface area contributed by atoms with Crippen molar-refractivity contribution in [1.82, 2.24) is 4.90 Å². The number of nitrogens with zero attached hydrogens (tertiary/aromatic N) is 1. The second-order valence-corrected chi connectivity index (χ2v) is 5.72. The first-order chi connectivity index (χ1) is 10.2. The summed E-state index contributed by atoms with van der Waals surface area (Å²) < 4.78 is 0. The maximum Gasteiger partial charge on any atom is 0.254 e. The van der Waals surface area contributed by atoms with Crippen molar-refractivity contribution in [3.63, 3.8) is 0 Å². The third kappa shape index (κ3) is 3.76. The highest BCUT2D eigenvalue weighted by atomic mass is 16.3. The van der Waals surface area contributed by atoms with E-state index in [2.05, 4.69) is 12.2 Å². The third-order valence-electron chi connectivity index (χ3n) is 4.17. The molecule has 1 aliphatic heterocycles. The summed E-state index contributed by atoms with van der Waals surface area (Å²) in [5.41, 5.74) is 2.96. The molecule has 0 bridgehead atoms. The summed E-state index contributed by atoms with van der Waals surface area (Å²) in [5.74, 6) is 0.126. The molecule has 1 aromatic carbocycles. The number of aliphatic hydroxyl groups is 1. The third-order valence-corrected chi connectivity index (χ3v) is 4.17. The molecule has 2 rings (SSSR count). The van der Waals surface area contributed by atoms with Gasteiger partial charge in [-0.3, -0.25) is 4.79 Å². The largest absolute Gasteiger partial charge is 0.396 e. The number of aliphatic hydroxyl groups excluding tert-OH is 1. The zero-order chi connectivity index (χ0) is 15.2. The fraction of sp³-hybridized carbons (Fsp3) is 0.588. The van der Waals surface area contributed by atoms with E-state index in [1.54, 1.807) is 0 Å². The van der Waals surface area contributed by atoms with E-state index in [4.69, 9.17) is 5.11 Å². The maximum absolute atomic E-state index is 12.7. The Morgan fingerprint density at radius 3 is 2.95 bits per heavy atom. The number of hydrogen-bond acceptors (Lipinski definition) is 3. The van der Waals surface area contributed by atoms with Gasteiger partial charge in [0.2, 0.25) is 0 Å². The zero-order valence-corrected chi connectivity index (χ0v) is 13.1. The molecule has 0 spiro atoms. The van der Waals surface area contributed by atoms with Gasteiger partial charge in [0.1, 0.15) is 0 Å². The van der Waals surface area contributed by atoms with E-state index in [0.29, 0.717) is 6.04 Å². The lowest BCUT2D eigenvalue weighted by Gasteiger charge is -2.25. The Bertz CT molecular complexity index is 488. The monoisotopic (exact) mass is 290 g/mol. The van der Waals surface area contributed by atoms with Gasteiger partial charge in [-0.25, -0.2) is 0 Å². The number of hydrogen-bond donors (Lipinski definition) is 2. The van der Waals surface area contributed by atoms with Gasteiger partial charge >= 0.3 is 0 Å². The SMILES string of the molecule is CCNc1ccc(C(=O)N2CCCC2CCCO)cc1C. The molecule has 116 valence electrons. The van der Waals surface area contributed by atoms with Crippen LogP contribution in [0.2, 0.25) is 0 Å². The number of benzene rings is 1. The van der Waals surface area contributed by atoms with Gasteiger partial charge in [0.05, 0.1) is 0 Å². The van der Waals surface area contributed by atoms with Gasteiger partial charge in [-0.15, -0.1) is 0 Å². The van der Waals surface area contributed by atoms with E-state index >= 15 is 0 Å². The average molecular weight is 290 g/mol. The standard InChI is InChI=1S/C17H26N2O2/c1-3-18-16-9-8-14(12-13(16)2)17(21)19-10-4-6-15(19)7-5-11-20/h8-9,12,15,18,20H,3-7,10-11H2,1-2H3. The number of amides is 1. The van der Waals surface area contributed by atoms with Gasteiger partial charge in [0.25, 0.3) is 5.91 Å². The number of aryl methyl sites for hydroxylation is 1. The molecule has 0 saturated carbocycles. The molecule has 1 atom stereocenters. The molecular weight excluding hydrogens is 264 g/mol. The quantitative estimate of drug-likeness (QED) is 0.847. The fourth-order valence-electron chi connectivity index (χ4n) is 3.08. The highest BCUT2D eigenvalue weighted by Crippen LogP contribution is 2.25. The van der Waals surface area contributed by atoms with E-state index in [-0.39, 0.29) is 12.5 Å². The summed E-state index contributed by atoms with van der Waals surface area (Å²) in [6.07, 6.45) is 3.79. The number of carbonyl (C=O) groups is 1. The molecule has 0 aromatic heterocycles. The molecule has 4 heteroatoms. The van der Waals surface area contributed by atoms with E-state index in [1.807, 2.05) is 30.0 Å². The summed E-state index contributed by atoms with van der Waals surface area (Å²) in [6.45, 7) is 6.01. The molecule has 2 N–H and O–H groups in total.